The minimum Gasteiger partial charge on any atom is -0.478 e. The van der Waals surface area contributed by atoms with E-state index in [1.54, 1.807) is 24.3 Å². The van der Waals surface area contributed by atoms with Crippen LogP contribution in [0.4, 0.5) is 5.69 Å². The molecule has 0 spiro atoms. The summed E-state index contributed by atoms with van der Waals surface area (Å²) in [6.45, 7) is 0. The average Bonchev–Trinajstić information content (AvgIpc) is 3.43. The molecule has 0 saturated carbocycles. The van der Waals surface area contributed by atoms with E-state index in [-0.39, 0.29) is 23.5 Å². The number of Topliss-reactive ketones (excluding diaryl/α,β-unsaturated/α-hetero) is 1. The molecule has 0 saturated heterocycles. The Morgan fingerprint density at radius 2 is 1.68 bits per heavy atom. The first kappa shape index (κ1) is 20.0. The number of tetrazole rings is 1. The third-order valence-corrected chi connectivity index (χ3v) is 5.53. The highest BCUT2D eigenvalue weighted by atomic mass is 32.1. The third-order valence-electron chi connectivity index (χ3n) is 4.45. The Hall–Kier alpha value is -4.25. The molecule has 1 N–H and O–H groups in total. The number of non-ortho nitro benzene ring substituents is 1. The zero-order chi connectivity index (χ0) is 22.0. The van der Waals surface area contributed by atoms with Crippen molar-refractivity contribution in [2.24, 2.45) is 0 Å². The standard InChI is InChI=1S/C20H13N5O5S/c26-17(12-1-7-15(8-2-12)25(29)30)11-16-9-10-18(31-16)19-21-22-23-24(19)14-5-3-13(4-6-14)20(27)28/h1-10H,11H2,(H,27,28). The summed E-state index contributed by atoms with van der Waals surface area (Å²) in [7, 11) is 0. The highest BCUT2D eigenvalue weighted by Gasteiger charge is 2.16. The van der Waals surface area contributed by atoms with Gasteiger partial charge in [-0.3, -0.25) is 14.9 Å². The number of hydrogen-bond donors (Lipinski definition) is 1. The molecule has 2 aromatic carbocycles. The molecule has 0 unspecified atom stereocenters. The monoisotopic (exact) mass is 435 g/mol. The number of aromatic nitrogens is 4. The van der Waals surface area contributed by atoms with Crippen molar-refractivity contribution in [2.75, 3.05) is 0 Å². The number of aromatic carboxylic acids is 1. The van der Waals surface area contributed by atoms with E-state index >= 15 is 0 Å². The zero-order valence-corrected chi connectivity index (χ0v) is 16.5. The zero-order valence-electron chi connectivity index (χ0n) is 15.7. The summed E-state index contributed by atoms with van der Waals surface area (Å²) in [5.41, 5.74) is 1.07. The summed E-state index contributed by atoms with van der Waals surface area (Å²) in [5.74, 6) is -0.724. The molecule has 2 heterocycles. The minimum absolute atomic E-state index is 0.0711. The van der Waals surface area contributed by atoms with Crippen LogP contribution in [0.5, 0.6) is 0 Å². The van der Waals surface area contributed by atoms with Crippen LogP contribution in [-0.2, 0) is 6.42 Å². The molecule has 0 aliphatic carbocycles. The number of carboxylic acids is 1. The molecule has 0 radical (unpaired) electrons. The van der Waals surface area contributed by atoms with E-state index in [2.05, 4.69) is 15.5 Å². The molecule has 0 aliphatic rings. The highest BCUT2D eigenvalue weighted by molar-refractivity contribution is 7.15. The van der Waals surface area contributed by atoms with Gasteiger partial charge in [0.1, 0.15) is 0 Å². The van der Waals surface area contributed by atoms with Gasteiger partial charge in [-0.05, 0) is 59.0 Å². The lowest BCUT2D eigenvalue weighted by Gasteiger charge is -2.03. The van der Waals surface area contributed by atoms with Crippen molar-refractivity contribution in [3.8, 4) is 16.4 Å². The van der Waals surface area contributed by atoms with Crippen LogP contribution in [0.3, 0.4) is 0 Å². The van der Waals surface area contributed by atoms with Crippen LogP contribution in [0.15, 0.2) is 60.7 Å². The van der Waals surface area contributed by atoms with Crippen LogP contribution < -0.4 is 0 Å². The van der Waals surface area contributed by atoms with Gasteiger partial charge >= 0.3 is 5.97 Å². The lowest BCUT2D eigenvalue weighted by atomic mass is 10.1. The maximum Gasteiger partial charge on any atom is 0.335 e. The second-order valence-electron chi connectivity index (χ2n) is 6.44. The van der Waals surface area contributed by atoms with E-state index in [9.17, 15) is 19.7 Å². The van der Waals surface area contributed by atoms with Gasteiger partial charge in [0, 0.05) is 29.0 Å². The van der Waals surface area contributed by atoms with Crippen molar-refractivity contribution < 1.29 is 19.6 Å². The highest BCUT2D eigenvalue weighted by Crippen LogP contribution is 2.28. The summed E-state index contributed by atoms with van der Waals surface area (Å²) in [6, 6.07) is 15.2. The van der Waals surface area contributed by atoms with Crippen LogP contribution in [0.1, 0.15) is 25.6 Å². The first-order chi connectivity index (χ1) is 14.9. The van der Waals surface area contributed by atoms with Crippen LogP contribution >= 0.6 is 11.3 Å². The Morgan fingerprint density at radius 1 is 1.00 bits per heavy atom. The van der Waals surface area contributed by atoms with E-state index in [1.165, 1.54) is 52.4 Å². The van der Waals surface area contributed by atoms with Crippen molar-refractivity contribution in [3.05, 3.63) is 86.8 Å². The Bertz CT molecular complexity index is 1280. The van der Waals surface area contributed by atoms with Crippen molar-refractivity contribution in [2.45, 2.75) is 6.42 Å². The fraction of sp³-hybridized carbons (Fsp3) is 0.0500. The molecule has 4 rings (SSSR count). The second-order valence-corrected chi connectivity index (χ2v) is 7.60. The van der Waals surface area contributed by atoms with Crippen LogP contribution in [0.25, 0.3) is 16.4 Å². The minimum atomic E-state index is -1.02. The number of hydrogen-bond acceptors (Lipinski definition) is 8. The van der Waals surface area contributed by atoms with Crippen LogP contribution in [0.2, 0.25) is 0 Å². The van der Waals surface area contributed by atoms with Crippen molar-refractivity contribution in [1.82, 2.24) is 20.2 Å². The summed E-state index contributed by atoms with van der Waals surface area (Å²) in [4.78, 5) is 35.3. The van der Waals surface area contributed by atoms with Gasteiger partial charge in [-0.2, -0.15) is 4.68 Å². The molecule has 2 aromatic heterocycles. The molecule has 31 heavy (non-hydrogen) atoms. The molecule has 154 valence electrons. The van der Waals surface area contributed by atoms with E-state index in [4.69, 9.17) is 5.11 Å². The number of ketones is 1. The lowest BCUT2D eigenvalue weighted by Crippen LogP contribution is -2.02. The normalized spacial score (nSPS) is 10.7. The number of carbonyl (C=O) groups is 2. The van der Waals surface area contributed by atoms with Gasteiger partial charge in [-0.25, -0.2) is 4.79 Å². The third kappa shape index (κ3) is 4.21. The molecule has 0 amide bonds. The SMILES string of the molecule is O=C(O)c1ccc(-n2nnnc2-c2ccc(CC(=O)c3ccc([N+](=O)[O-])cc3)s2)cc1. The molecule has 11 heteroatoms. The Balaban J connectivity index is 1.53. The molecular weight excluding hydrogens is 422 g/mol. The van der Waals surface area contributed by atoms with Gasteiger partial charge < -0.3 is 5.11 Å². The van der Waals surface area contributed by atoms with E-state index in [0.29, 0.717) is 17.1 Å². The Kier molecular flexibility index (Phi) is 5.33. The number of nitro groups is 1. The number of nitro benzene ring substituents is 1. The number of thiophene rings is 1. The first-order valence-electron chi connectivity index (χ1n) is 8.91. The van der Waals surface area contributed by atoms with Gasteiger partial charge in [-0.1, -0.05) is 0 Å². The van der Waals surface area contributed by atoms with Gasteiger partial charge in [0.05, 0.1) is 21.1 Å². The van der Waals surface area contributed by atoms with Gasteiger partial charge in [0.15, 0.2) is 11.6 Å². The maximum absolute atomic E-state index is 12.5. The fourth-order valence-electron chi connectivity index (χ4n) is 2.88. The van der Waals surface area contributed by atoms with Crippen molar-refractivity contribution in [1.29, 1.82) is 0 Å². The number of carboxylic acid groups (broad SMARTS) is 1. The lowest BCUT2D eigenvalue weighted by molar-refractivity contribution is -0.384. The Labute approximate surface area is 178 Å². The second kappa shape index (κ2) is 8.24. The number of benzene rings is 2. The molecule has 4 aromatic rings. The van der Waals surface area contributed by atoms with Gasteiger partial charge in [0.2, 0.25) is 0 Å². The molecule has 0 aliphatic heterocycles. The molecule has 0 atom stereocenters. The molecule has 0 fully saturated rings. The average molecular weight is 435 g/mol. The van der Waals surface area contributed by atoms with E-state index in [1.807, 2.05) is 0 Å². The number of carbonyl (C=O) groups excluding carboxylic acids is 1. The largest absolute Gasteiger partial charge is 0.478 e. The van der Waals surface area contributed by atoms with E-state index < -0.39 is 10.9 Å². The number of rotatable bonds is 7. The molecule has 0 bridgehead atoms. The summed E-state index contributed by atoms with van der Waals surface area (Å²) in [6.07, 6.45) is 0.136. The van der Waals surface area contributed by atoms with Crippen LogP contribution in [-0.4, -0.2) is 42.0 Å². The topological polar surface area (TPSA) is 141 Å². The quantitative estimate of drug-likeness (QED) is 0.264. The Morgan fingerprint density at radius 3 is 2.32 bits per heavy atom. The fourth-order valence-corrected chi connectivity index (χ4v) is 3.86. The summed E-state index contributed by atoms with van der Waals surface area (Å²) >= 11 is 1.35. The summed E-state index contributed by atoms with van der Waals surface area (Å²) in [5, 5.41) is 31.5. The molecular formula is C20H13N5O5S. The van der Waals surface area contributed by atoms with Gasteiger partial charge in [0.25, 0.3) is 5.69 Å². The predicted molar refractivity (Wildman–Crippen MR) is 111 cm³/mol. The van der Waals surface area contributed by atoms with Crippen molar-refractivity contribution in [3.63, 3.8) is 0 Å². The summed E-state index contributed by atoms with van der Waals surface area (Å²) < 4.78 is 1.49. The predicted octanol–water partition coefficient (Wildman–Crippen LogP) is 3.42. The maximum atomic E-state index is 12.5. The van der Waals surface area contributed by atoms with E-state index in [0.717, 1.165) is 9.75 Å². The molecule has 10 nitrogen and oxygen atoms in total. The van der Waals surface area contributed by atoms with Crippen LogP contribution in [0, 0.1) is 10.1 Å². The van der Waals surface area contributed by atoms with Crippen molar-refractivity contribution >= 4 is 28.8 Å². The first-order valence-corrected chi connectivity index (χ1v) is 9.73. The van der Waals surface area contributed by atoms with Gasteiger partial charge in [-0.15, -0.1) is 16.4 Å². The smallest absolute Gasteiger partial charge is 0.335 e. The number of nitrogens with zero attached hydrogens (tertiary/aromatic N) is 5.